The molecule has 0 saturated heterocycles. The number of benzene rings is 1. The molecule has 0 fully saturated rings. The van der Waals surface area contributed by atoms with Crippen molar-refractivity contribution in [3.63, 3.8) is 0 Å². The van der Waals surface area contributed by atoms with Crippen molar-refractivity contribution in [3.8, 4) is 11.3 Å². The molecule has 0 saturated carbocycles. The number of halogens is 1. The average molecular weight is 277 g/mol. The van der Waals surface area contributed by atoms with Crippen molar-refractivity contribution in [1.82, 2.24) is 5.16 Å². The summed E-state index contributed by atoms with van der Waals surface area (Å²) in [5.41, 5.74) is 0.962. The highest BCUT2D eigenvalue weighted by Crippen LogP contribution is 2.34. The fourth-order valence-electron chi connectivity index (χ4n) is 2.08. The number of hydrogen-bond donors (Lipinski definition) is 1. The minimum absolute atomic E-state index is 0.0345. The lowest BCUT2D eigenvalue weighted by Crippen LogP contribution is -2.15. The molecule has 0 aliphatic carbocycles. The first-order valence-corrected chi connectivity index (χ1v) is 6.22. The van der Waals surface area contributed by atoms with Gasteiger partial charge in [-0.3, -0.25) is 0 Å². The molecule has 1 heterocycles. The summed E-state index contributed by atoms with van der Waals surface area (Å²) in [4.78, 5) is 11.5. The van der Waals surface area contributed by atoms with Crippen LogP contribution >= 0.6 is 0 Å². The quantitative estimate of drug-likeness (QED) is 0.907. The highest BCUT2D eigenvalue weighted by molar-refractivity contribution is 5.96. The van der Waals surface area contributed by atoms with Crippen molar-refractivity contribution in [2.45, 2.75) is 33.1 Å². The molecule has 0 bridgehead atoms. The van der Waals surface area contributed by atoms with E-state index in [1.165, 1.54) is 18.2 Å². The van der Waals surface area contributed by atoms with Gasteiger partial charge in [0.05, 0.1) is 0 Å². The standard InChI is InChI=1S/C15H16FNO3/c1-8-7-9(16)5-6-10(8)12-11(14(18)19)13(20-17-12)15(2,3)4/h5-7H,1-4H3,(H,18,19). The Morgan fingerprint density at radius 2 is 2.00 bits per heavy atom. The van der Waals surface area contributed by atoms with Crippen molar-refractivity contribution in [1.29, 1.82) is 0 Å². The van der Waals surface area contributed by atoms with Gasteiger partial charge in [0.25, 0.3) is 0 Å². The van der Waals surface area contributed by atoms with E-state index in [1.54, 1.807) is 6.92 Å². The Balaban J connectivity index is 2.69. The molecule has 1 aromatic heterocycles. The van der Waals surface area contributed by atoms with Crippen molar-refractivity contribution in [3.05, 3.63) is 40.9 Å². The Morgan fingerprint density at radius 3 is 2.50 bits per heavy atom. The Kier molecular flexibility index (Phi) is 3.38. The number of aromatic carboxylic acids is 1. The average Bonchev–Trinajstić information content (AvgIpc) is 2.72. The second-order valence-corrected chi connectivity index (χ2v) is 5.75. The van der Waals surface area contributed by atoms with Gasteiger partial charge >= 0.3 is 5.97 Å². The van der Waals surface area contributed by atoms with E-state index in [4.69, 9.17) is 4.52 Å². The zero-order valence-corrected chi connectivity index (χ0v) is 11.8. The SMILES string of the molecule is Cc1cc(F)ccc1-c1noc(C(C)(C)C)c1C(=O)O. The minimum atomic E-state index is -1.10. The summed E-state index contributed by atoms with van der Waals surface area (Å²) in [6.07, 6.45) is 0. The van der Waals surface area contributed by atoms with Gasteiger partial charge in [-0.05, 0) is 30.7 Å². The van der Waals surface area contributed by atoms with Gasteiger partial charge in [-0.2, -0.15) is 0 Å². The summed E-state index contributed by atoms with van der Waals surface area (Å²) in [5.74, 6) is -1.17. The number of carboxylic acids is 1. The van der Waals surface area contributed by atoms with Crippen LogP contribution in [0.1, 0.15) is 42.5 Å². The molecular formula is C15H16FNO3. The Morgan fingerprint density at radius 1 is 1.35 bits per heavy atom. The maximum atomic E-state index is 13.2. The summed E-state index contributed by atoms with van der Waals surface area (Å²) < 4.78 is 18.4. The number of carbonyl (C=O) groups is 1. The van der Waals surface area contributed by atoms with Gasteiger partial charge in [-0.25, -0.2) is 9.18 Å². The second kappa shape index (κ2) is 4.74. The topological polar surface area (TPSA) is 63.3 Å². The van der Waals surface area contributed by atoms with Crippen LogP contribution in [0.25, 0.3) is 11.3 Å². The third-order valence-electron chi connectivity index (χ3n) is 3.03. The Hall–Kier alpha value is -2.17. The van der Waals surface area contributed by atoms with Gasteiger partial charge in [0.15, 0.2) is 5.76 Å². The monoisotopic (exact) mass is 277 g/mol. The molecule has 1 N–H and O–H groups in total. The molecule has 2 aromatic rings. The number of carboxylic acid groups (broad SMARTS) is 1. The van der Waals surface area contributed by atoms with Crippen LogP contribution in [0.5, 0.6) is 0 Å². The molecule has 0 aliphatic rings. The fraction of sp³-hybridized carbons (Fsp3) is 0.333. The highest BCUT2D eigenvalue weighted by atomic mass is 19.1. The van der Waals surface area contributed by atoms with E-state index in [0.717, 1.165) is 0 Å². The summed E-state index contributed by atoms with van der Waals surface area (Å²) in [5, 5.41) is 13.3. The van der Waals surface area contributed by atoms with E-state index in [1.807, 2.05) is 20.8 Å². The second-order valence-electron chi connectivity index (χ2n) is 5.75. The first kappa shape index (κ1) is 14.2. The number of nitrogens with zero attached hydrogens (tertiary/aromatic N) is 1. The molecule has 0 unspecified atom stereocenters. The van der Waals surface area contributed by atoms with Crippen LogP contribution in [-0.4, -0.2) is 16.2 Å². The van der Waals surface area contributed by atoms with Gasteiger partial charge in [-0.15, -0.1) is 0 Å². The summed E-state index contributed by atoms with van der Waals surface area (Å²) in [6, 6.07) is 4.13. The van der Waals surface area contributed by atoms with Crippen molar-refractivity contribution in [2.75, 3.05) is 0 Å². The lowest BCUT2D eigenvalue weighted by molar-refractivity contribution is 0.0693. The zero-order chi connectivity index (χ0) is 15.1. The predicted octanol–water partition coefficient (Wildman–Crippen LogP) is 3.78. The molecule has 0 atom stereocenters. The van der Waals surface area contributed by atoms with Crippen LogP contribution in [0.15, 0.2) is 22.7 Å². The van der Waals surface area contributed by atoms with Crippen LogP contribution < -0.4 is 0 Å². The first-order chi connectivity index (χ1) is 9.21. The van der Waals surface area contributed by atoms with E-state index in [2.05, 4.69) is 5.16 Å². The maximum absolute atomic E-state index is 13.2. The van der Waals surface area contributed by atoms with Crippen LogP contribution in [0.2, 0.25) is 0 Å². The number of rotatable bonds is 2. The molecule has 106 valence electrons. The molecule has 0 spiro atoms. The molecule has 5 heteroatoms. The minimum Gasteiger partial charge on any atom is -0.477 e. The molecule has 0 amide bonds. The van der Waals surface area contributed by atoms with Crippen molar-refractivity contribution < 1.29 is 18.8 Å². The summed E-state index contributed by atoms with van der Waals surface area (Å²) >= 11 is 0. The highest BCUT2D eigenvalue weighted by Gasteiger charge is 2.31. The molecule has 2 rings (SSSR count). The van der Waals surface area contributed by atoms with E-state index in [-0.39, 0.29) is 17.1 Å². The lowest BCUT2D eigenvalue weighted by Gasteiger charge is -2.14. The summed E-state index contributed by atoms with van der Waals surface area (Å²) in [6.45, 7) is 7.25. The summed E-state index contributed by atoms with van der Waals surface area (Å²) in [7, 11) is 0. The van der Waals surface area contributed by atoms with Gasteiger partial charge < -0.3 is 9.63 Å². The smallest absolute Gasteiger partial charge is 0.341 e. The lowest BCUT2D eigenvalue weighted by atomic mass is 9.88. The molecule has 4 nitrogen and oxygen atoms in total. The van der Waals surface area contributed by atoms with Crippen LogP contribution in [-0.2, 0) is 5.41 Å². The normalized spacial score (nSPS) is 11.7. The third kappa shape index (κ3) is 2.43. The predicted molar refractivity (Wildman–Crippen MR) is 72.3 cm³/mol. The van der Waals surface area contributed by atoms with Gasteiger partial charge in [0.2, 0.25) is 0 Å². The van der Waals surface area contributed by atoms with Crippen molar-refractivity contribution in [2.24, 2.45) is 0 Å². The Bertz CT molecular complexity index is 668. The van der Waals surface area contributed by atoms with Crippen LogP contribution in [0.4, 0.5) is 4.39 Å². The largest absolute Gasteiger partial charge is 0.477 e. The fourth-order valence-corrected chi connectivity index (χ4v) is 2.08. The number of hydrogen-bond acceptors (Lipinski definition) is 3. The van der Waals surface area contributed by atoms with Crippen LogP contribution in [0, 0.1) is 12.7 Å². The number of aryl methyl sites for hydroxylation is 1. The van der Waals surface area contributed by atoms with E-state index >= 15 is 0 Å². The molecule has 0 radical (unpaired) electrons. The van der Waals surface area contributed by atoms with Gasteiger partial charge in [0, 0.05) is 11.0 Å². The number of aromatic nitrogens is 1. The zero-order valence-electron chi connectivity index (χ0n) is 11.8. The van der Waals surface area contributed by atoms with E-state index in [0.29, 0.717) is 16.9 Å². The maximum Gasteiger partial charge on any atom is 0.341 e. The van der Waals surface area contributed by atoms with Gasteiger partial charge in [-0.1, -0.05) is 25.9 Å². The van der Waals surface area contributed by atoms with E-state index < -0.39 is 11.4 Å². The van der Waals surface area contributed by atoms with Gasteiger partial charge in [0.1, 0.15) is 17.1 Å². The molecule has 0 aliphatic heterocycles. The van der Waals surface area contributed by atoms with Crippen molar-refractivity contribution >= 4 is 5.97 Å². The molecule has 1 aromatic carbocycles. The van der Waals surface area contributed by atoms with E-state index in [9.17, 15) is 14.3 Å². The molecule has 20 heavy (non-hydrogen) atoms. The first-order valence-electron chi connectivity index (χ1n) is 6.22. The third-order valence-corrected chi connectivity index (χ3v) is 3.03. The molecular weight excluding hydrogens is 261 g/mol. The Labute approximate surface area is 116 Å². The van der Waals surface area contributed by atoms with Crippen LogP contribution in [0.3, 0.4) is 0 Å².